The highest BCUT2D eigenvalue weighted by molar-refractivity contribution is 7.92. The number of hydrogen-bond acceptors (Lipinski definition) is 5. The van der Waals surface area contributed by atoms with E-state index in [4.69, 9.17) is 23.2 Å². The lowest BCUT2D eigenvalue weighted by Crippen LogP contribution is -2.40. The van der Waals surface area contributed by atoms with Gasteiger partial charge in [0.15, 0.2) is 0 Å². The largest absolute Gasteiger partial charge is 0.318 e. The van der Waals surface area contributed by atoms with Crippen LogP contribution in [0.25, 0.3) is 5.69 Å². The number of anilines is 1. The van der Waals surface area contributed by atoms with Crippen LogP contribution in [0.1, 0.15) is 17.0 Å². The van der Waals surface area contributed by atoms with Gasteiger partial charge in [0, 0.05) is 28.8 Å². The summed E-state index contributed by atoms with van der Waals surface area (Å²) in [5, 5.41) is 4.96. The molecule has 8 nitrogen and oxygen atoms in total. The zero-order valence-corrected chi connectivity index (χ0v) is 22.3. The molecule has 1 amide bonds. The average Bonchev–Trinajstić information content (AvgIpc) is 3.17. The monoisotopic (exact) mass is 555 g/mol. The second-order valence-corrected chi connectivity index (χ2v) is 10.7. The minimum absolute atomic E-state index is 0.0479. The Morgan fingerprint density at radius 3 is 2.43 bits per heavy atom. The third-order valence-electron chi connectivity index (χ3n) is 5.55. The van der Waals surface area contributed by atoms with E-state index in [-0.39, 0.29) is 10.7 Å². The molecule has 11 heteroatoms. The van der Waals surface area contributed by atoms with E-state index in [0.717, 1.165) is 26.9 Å². The van der Waals surface area contributed by atoms with Gasteiger partial charge in [0.2, 0.25) is 0 Å². The Balaban J connectivity index is 1.53. The summed E-state index contributed by atoms with van der Waals surface area (Å²) in [7, 11) is -4.04. The number of aryl methyl sites for hydroxylation is 1. The van der Waals surface area contributed by atoms with Crippen molar-refractivity contribution >= 4 is 51.2 Å². The van der Waals surface area contributed by atoms with Gasteiger partial charge in [0.25, 0.3) is 15.9 Å². The standard InChI is InChI=1S/C26H23Cl2N5O3S/c1-18-14-20(19(2)33(18)21-11-12-23(27)24(28)15-21)16-30-31-26(34)17-32(25-10-6-7-13-29-25)37(35,36)22-8-4-3-5-9-22/h3-16H,17H2,1-2H3,(H,31,34)/b30-16-. The molecule has 4 rings (SSSR count). The van der Waals surface area contributed by atoms with Gasteiger partial charge in [-0.3, -0.25) is 4.79 Å². The zero-order valence-electron chi connectivity index (χ0n) is 20.0. The number of amides is 1. The summed E-state index contributed by atoms with van der Waals surface area (Å²) in [6, 6.07) is 20.0. The molecule has 0 aliphatic rings. The number of carbonyl (C=O) groups excluding carboxylic acids is 1. The molecule has 0 aliphatic heterocycles. The van der Waals surface area contributed by atoms with Crippen molar-refractivity contribution in [3.63, 3.8) is 0 Å². The number of pyridine rings is 1. The van der Waals surface area contributed by atoms with E-state index in [2.05, 4.69) is 15.5 Å². The highest BCUT2D eigenvalue weighted by Gasteiger charge is 2.27. The molecule has 1 N–H and O–H groups in total. The fraction of sp³-hybridized carbons (Fsp3) is 0.115. The van der Waals surface area contributed by atoms with E-state index < -0.39 is 22.5 Å². The van der Waals surface area contributed by atoms with Crippen LogP contribution in [0, 0.1) is 13.8 Å². The Bertz CT molecular complexity index is 1560. The first-order chi connectivity index (χ1) is 17.7. The van der Waals surface area contributed by atoms with Crippen molar-refractivity contribution in [3.8, 4) is 5.69 Å². The van der Waals surface area contributed by atoms with Crippen LogP contribution in [0.3, 0.4) is 0 Å². The van der Waals surface area contributed by atoms with Gasteiger partial charge in [0.05, 0.1) is 21.2 Å². The quantitative estimate of drug-likeness (QED) is 0.240. The maximum atomic E-state index is 13.3. The molecule has 2 aromatic heterocycles. The van der Waals surface area contributed by atoms with E-state index in [1.54, 1.807) is 42.5 Å². The first kappa shape index (κ1) is 26.4. The minimum atomic E-state index is -4.04. The molecule has 0 aliphatic carbocycles. The van der Waals surface area contributed by atoms with Crippen LogP contribution in [-0.2, 0) is 14.8 Å². The number of nitrogens with one attached hydrogen (secondary N) is 1. The SMILES string of the molecule is Cc1cc(/C=N\NC(=O)CN(c2ccccn2)S(=O)(=O)c2ccccc2)c(C)n1-c1ccc(Cl)c(Cl)c1. The van der Waals surface area contributed by atoms with Gasteiger partial charge in [-0.15, -0.1) is 0 Å². The summed E-state index contributed by atoms with van der Waals surface area (Å²) in [6.07, 6.45) is 2.97. The van der Waals surface area contributed by atoms with Crippen molar-refractivity contribution in [2.24, 2.45) is 5.10 Å². The molecule has 2 heterocycles. The number of hydrogen-bond donors (Lipinski definition) is 1. The van der Waals surface area contributed by atoms with E-state index in [0.29, 0.717) is 10.0 Å². The van der Waals surface area contributed by atoms with Crippen LogP contribution in [0.15, 0.2) is 89.0 Å². The second-order valence-electron chi connectivity index (χ2n) is 8.07. The highest BCUT2D eigenvalue weighted by Crippen LogP contribution is 2.27. The maximum Gasteiger partial charge on any atom is 0.265 e. The van der Waals surface area contributed by atoms with Crippen molar-refractivity contribution in [2.75, 3.05) is 10.8 Å². The summed E-state index contributed by atoms with van der Waals surface area (Å²) in [5.41, 5.74) is 5.82. The van der Waals surface area contributed by atoms with Crippen molar-refractivity contribution in [2.45, 2.75) is 18.7 Å². The lowest BCUT2D eigenvalue weighted by atomic mass is 10.2. The predicted molar refractivity (Wildman–Crippen MR) is 146 cm³/mol. The van der Waals surface area contributed by atoms with Gasteiger partial charge in [-0.2, -0.15) is 5.10 Å². The summed E-state index contributed by atoms with van der Waals surface area (Å²) in [4.78, 5) is 16.9. The van der Waals surface area contributed by atoms with Gasteiger partial charge < -0.3 is 4.57 Å². The molecule has 0 fully saturated rings. The number of carbonyl (C=O) groups is 1. The molecule has 37 heavy (non-hydrogen) atoms. The molecule has 0 radical (unpaired) electrons. The highest BCUT2D eigenvalue weighted by atomic mass is 35.5. The molecule has 0 unspecified atom stereocenters. The Morgan fingerprint density at radius 1 is 1.03 bits per heavy atom. The van der Waals surface area contributed by atoms with Gasteiger partial charge >= 0.3 is 0 Å². The number of hydrazone groups is 1. The number of nitrogens with zero attached hydrogens (tertiary/aromatic N) is 4. The van der Waals surface area contributed by atoms with Gasteiger partial charge in [-0.25, -0.2) is 23.1 Å². The maximum absolute atomic E-state index is 13.3. The topological polar surface area (TPSA) is 96.7 Å². The van der Waals surface area contributed by atoms with Crippen molar-refractivity contribution in [1.29, 1.82) is 0 Å². The molecule has 0 bridgehead atoms. The number of rotatable bonds is 8. The molecule has 0 atom stereocenters. The first-order valence-corrected chi connectivity index (χ1v) is 13.3. The van der Waals surface area contributed by atoms with Gasteiger partial charge in [-0.05, 0) is 62.4 Å². The number of halogens is 2. The Hall–Kier alpha value is -3.66. The fourth-order valence-corrected chi connectivity index (χ4v) is 5.48. The lowest BCUT2D eigenvalue weighted by molar-refractivity contribution is -0.119. The molecular weight excluding hydrogens is 533 g/mol. The third kappa shape index (κ3) is 5.85. The van der Waals surface area contributed by atoms with E-state index in [1.807, 2.05) is 30.5 Å². The van der Waals surface area contributed by atoms with Gasteiger partial charge in [-0.1, -0.05) is 47.5 Å². The summed E-state index contributed by atoms with van der Waals surface area (Å²) in [6.45, 7) is 3.34. The van der Waals surface area contributed by atoms with Gasteiger partial charge in [0.1, 0.15) is 12.4 Å². The van der Waals surface area contributed by atoms with Crippen LogP contribution in [0.2, 0.25) is 10.0 Å². The second kappa shape index (κ2) is 11.2. The molecule has 2 aromatic carbocycles. The Labute approximate surface area is 225 Å². The van der Waals surface area contributed by atoms with E-state index >= 15 is 0 Å². The van der Waals surface area contributed by atoms with E-state index in [9.17, 15) is 13.2 Å². The van der Waals surface area contributed by atoms with Crippen molar-refractivity contribution in [1.82, 2.24) is 15.0 Å². The zero-order chi connectivity index (χ0) is 26.6. The molecule has 0 saturated carbocycles. The number of sulfonamides is 1. The fourth-order valence-electron chi connectivity index (χ4n) is 3.79. The number of benzene rings is 2. The minimum Gasteiger partial charge on any atom is -0.318 e. The van der Waals surface area contributed by atoms with Crippen molar-refractivity contribution in [3.05, 3.63) is 106 Å². The normalized spacial score (nSPS) is 11.6. The van der Waals surface area contributed by atoms with E-state index in [1.165, 1.54) is 30.6 Å². The Kier molecular flexibility index (Phi) is 7.97. The smallest absolute Gasteiger partial charge is 0.265 e. The number of aromatic nitrogens is 2. The Morgan fingerprint density at radius 2 is 1.76 bits per heavy atom. The summed E-state index contributed by atoms with van der Waals surface area (Å²) < 4.78 is 29.5. The molecule has 4 aromatic rings. The molecule has 190 valence electrons. The van der Waals surface area contributed by atoms with Crippen LogP contribution in [0.4, 0.5) is 5.82 Å². The molecular formula is C26H23Cl2N5O3S. The van der Waals surface area contributed by atoms with Crippen LogP contribution < -0.4 is 9.73 Å². The first-order valence-electron chi connectivity index (χ1n) is 11.1. The van der Waals surface area contributed by atoms with Crippen LogP contribution in [0.5, 0.6) is 0 Å². The molecule has 0 saturated heterocycles. The average molecular weight is 556 g/mol. The van der Waals surface area contributed by atoms with Crippen LogP contribution >= 0.6 is 23.2 Å². The molecule has 0 spiro atoms. The summed E-state index contributed by atoms with van der Waals surface area (Å²) in [5.74, 6) is -0.504. The van der Waals surface area contributed by atoms with Crippen LogP contribution in [-0.4, -0.2) is 36.6 Å². The third-order valence-corrected chi connectivity index (χ3v) is 8.05. The predicted octanol–water partition coefficient (Wildman–Crippen LogP) is 5.14. The summed E-state index contributed by atoms with van der Waals surface area (Å²) >= 11 is 12.2. The van der Waals surface area contributed by atoms with Crippen molar-refractivity contribution < 1.29 is 13.2 Å². The lowest BCUT2D eigenvalue weighted by Gasteiger charge is -2.22.